The van der Waals surface area contributed by atoms with Crippen molar-refractivity contribution in [3.63, 3.8) is 0 Å². The van der Waals surface area contributed by atoms with Crippen LogP contribution < -0.4 is 10.0 Å². The minimum Gasteiger partial charge on any atom is -0.374 e. The van der Waals surface area contributed by atoms with E-state index >= 15 is 0 Å². The summed E-state index contributed by atoms with van der Waals surface area (Å²) in [5.41, 5.74) is 1.97. The largest absolute Gasteiger partial charge is 0.374 e. The highest BCUT2D eigenvalue weighted by Gasteiger charge is 2.21. The van der Waals surface area contributed by atoms with E-state index in [2.05, 4.69) is 27.1 Å². The number of nitrogens with zero attached hydrogens (tertiary/aromatic N) is 1. The van der Waals surface area contributed by atoms with Gasteiger partial charge in [-0.05, 0) is 35.2 Å². The minimum absolute atomic E-state index is 0.100. The third-order valence-corrected chi connectivity index (χ3v) is 7.88. The van der Waals surface area contributed by atoms with Crippen molar-refractivity contribution in [3.05, 3.63) is 83.2 Å². The lowest BCUT2D eigenvalue weighted by atomic mass is 10.1. The van der Waals surface area contributed by atoms with Crippen LogP contribution in [0.15, 0.2) is 76.3 Å². The molecule has 2 heterocycles. The maximum absolute atomic E-state index is 12.7. The van der Waals surface area contributed by atoms with Crippen molar-refractivity contribution in [2.75, 3.05) is 31.0 Å². The van der Waals surface area contributed by atoms with Crippen molar-refractivity contribution in [2.45, 2.75) is 16.9 Å². The summed E-state index contributed by atoms with van der Waals surface area (Å²) >= 11 is 1.14. The van der Waals surface area contributed by atoms with Gasteiger partial charge in [-0.1, -0.05) is 42.5 Å². The van der Waals surface area contributed by atoms with Crippen molar-refractivity contribution < 1.29 is 17.9 Å². The summed E-state index contributed by atoms with van der Waals surface area (Å²) in [5, 5.41) is 4.61. The van der Waals surface area contributed by atoms with Gasteiger partial charge in [0.05, 0.1) is 12.7 Å². The molecular formula is C23H25N3O4S2. The zero-order valence-corrected chi connectivity index (χ0v) is 19.1. The van der Waals surface area contributed by atoms with Crippen LogP contribution >= 0.6 is 11.3 Å². The molecule has 3 aromatic rings. The lowest BCUT2D eigenvalue weighted by Crippen LogP contribution is -2.47. The smallest absolute Gasteiger partial charge is 0.271 e. The topological polar surface area (TPSA) is 87.7 Å². The molecule has 0 radical (unpaired) electrons. The molecule has 1 amide bonds. The van der Waals surface area contributed by atoms with Crippen molar-refractivity contribution in [3.8, 4) is 0 Å². The lowest BCUT2D eigenvalue weighted by Gasteiger charge is -2.33. The second-order valence-corrected chi connectivity index (χ2v) is 10.4. The number of ether oxygens (including phenoxy) is 1. The van der Waals surface area contributed by atoms with Crippen molar-refractivity contribution >= 4 is 33.0 Å². The number of thiophene rings is 1. The highest BCUT2D eigenvalue weighted by Crippen LogP contribution is 2.21. The van der Waals surface area contributed by atoms with Crippen LogP contribution in [0, 0.1) is 0 Å². The Bertz CT molecular complexity index is 1140. The fourth-order valence-electron chi connectivity index (χ4n) is 3.54. The maximum atomic E-state index is 12.7. The number of rotatable bonds is 8. The van der Waals surface area contributed by atoms with Gasteiger partial charge in [-0.2, -0.15) is 0 Å². The van der Waals surface area contributed by atoms with E-state index in [1.165, 1.54) is 17.7 Å². The molecule has 1 aromatic heterocycles. The Hall–Kier alpha value is -2.72. The molecule has 1 fully saturated rings. The van der Waals surface area contributed by atoms with Crippen LogP contribution in [0.1, 0.15) is 15.9 Å². The third-order valence-electron chi connectivity index (χ3n) is 5.10. The molecule has 1 unspecified atom stereocenters. The molecule has 0 saturated carbocycles. The molecule has 2 N–H and O–H groups in total. The van der Waals surface area contributed by atoms with E-state index in [1.54, 1.807) is 29.6 Å². The number of amides is 1. The monoisotopic (exact) mass is 471 g/mol. The van der Waals surface area contributed by atoms with Crippen LogP contribution in [0.2, 0.25) is 0 Å². The number of anilines is 1. The zero-order chi connectivity index (χ0) is 22.4. The molecule has 2 aromatic carbocycles. The summed E-state index contributed by atoms with van der Waals surface area (Å²) in [5.74, 6) is -0.272. The van der Waals surface area contributed by atoms with Gasteiger partial charge in [0.25, 0.3) is 15.9 Å². The molecule has 1 saturated heterocycles. The van der Waals surface area contributed by atoms with E-state index in [1.807, 2.05) is 18.2 Å². The second kappa shape index (κ2) is 10.3. The number of morpholine rings is 1. The average molecular weight is 472 g/mol. The van der Waals surface area contributed by atoms with Gasteiger partial charge in [-0.3, -0.25) is 14.4 Å². The molecule has 1 aliphatic rings. The van der Waals surface area contributed by atoms with Crippen LogP contribution in [-0.4, -0.2) is 51.6 Å². The Balaban J connectivity index is 1.31. The van der Waals surface area contributed by atoms with Crippen molar-refractivity contribution in [2.24, 2.45) is 0 Å². The van der Waals surface area contributed by atoms with E-state index in [-0.39, 0.29) is 16.2 Å². The Morgan fingerprint density at radius 2 is 1.94 bits per heavy atom. The van der Waals surface area contributed by atoms with E-state index in [0.29, 0.717) is 24.4 Å². The Morgan fingerprint density at radius 1 is 1.09 bits per heavy atom. The van der Waals surface area contributed by atoms with Crippen LogP contribution in [0.5, 0.6) is 0 Å². The molecule has 0 bridgehead atoms. The predicted octanol–water partition coefficient (Wildman–Crippen LogP) is 3.18. The fraction of sp³-hybridized carbons (Fsp3) is 0.261. The van der Waals surface area contributed by atoms with E-state index in [9.17, 15) is 13.2 Å². The van der Waals surface area contributed by atoms with Crippen molar-refractivity contribution in [1.29, 1.82) is 0 Å². The van der Waals surface area contributed by atoms with Gasteiger partial charge < -0.3 is 10.1 Å². The summed E-state index contributed by atoms with van der Waals surface area (Å²) in [7, 11) is -3.66. The molecule has 0 spiro atoms. The first-order valence-corrected chi connectivity index (χ1v) is 12.7. The Labute approximate surface area is 192 Å². The third kappa shape index (κ3) is 5.95. The molecule has 9 heteroatoms. The normalized spacial score (nSPS) is 17.1. The number of carbonyl (C=O) groups is 1. The summed E-state index contributed by atoms with van der Waals surface area (Å²) in [6, 6.07) is 19.9. The molecule has 1 atom stereocenters. The van der Waals surface area contributed by atoms with Gasteiger partial charge in [0.1, 0.15) is 4.21 Å². The quantitative estimate of drug-likeness (QED) is 0.527. The molecule has 0 aliphatic carbocycles. The lowest BCUT2D eigenvalue weighted by molar-refractivity contribution is -0.0292. The second-order valence-electron chi connectivity index (χ2n) is 7.54. The van der Waals surface area contributed by atoms with Gasteiger partial charge >= 0.3 is 0 Å². The number of nitrogens with one attached hydrogen (secondary N) is 2. The highest BCUT2D eigenvalue weighted by atomic mass is 32.2. The van der Waals surface area contributed by atoms with Gasteiger partial charge in [-0.15, -0.1) is 11.3 Å². The molecule has 1 aliphatic heterocycles. The predicted molar refractivity (Wildman–Crippen MR) is 125 cm³/mol. The average Bonchev–Trinajstić information content (AvgIpc) is 3.35. The first-order chi connectivity index (χ1) is 15.5. The standard InChI is InChI=1S/C23H25N3O4S2/c27-23(19-8-4-9-20(14-19)25-32(28,29)22-10-5-13-31-22)24-15-21-17-26(11-12-30-21)16-18-6-2-1-3-7-18/h1-10,13-14,21,25H,11-12,15-17H2,(H,24,27). The number of carbonyl (C=O) groups excluding carboxylic acids is 1. The van der Waals surface area contributed by atoms with Gasteiger partial charge in [0, 0.05) is 37.4 Å². The summed E-state index contributed by atoms with van der Waals surface area (Å²) < 4.78 is 33.4. The molecular weight excluding hydrogens is 446 g/mol. The van der Waals surface area contributed by atoms with Crippen LogP contribution in [0.4, 0.5) is 5.69 Å². The van der Waals surface area contributed by atoms with Crippen LogP contribution in [-0.2, 0) is 21.3 Å². The Morgan fingerprint density at radius 3 is 2.72 bits per heavy atom. The number of sulfonamides is 1. The minimum atomic E-state index is -3.66. The number of hydrogen-bond acceptors (Lipinski definition) is 6. The first kappa shape index (κ1) is 22.5. The SMILES string of the molecule is O=C(NCC1CN(Cc2ccccc2)CCO1)c1cccc(NS(=O)(=O)c2cccs2)c1. The Kier molecular flexibility index (Phi) is 7.21. The van der Waals surface area contributed by atoms with E-state index in [4.69, 9.17) is 4.74 Å². The molecule has 32 heavy (non-hydrogen) atoms. The van der Waals surface area contributed by atoms with Gasteiger partial charge in [0.2, 0.25) is 0 Å². The molecule has 168 valence electrons. The van der Waals surface area contributed by atoms with Crippen molar-refractivity contribution in [1.82, 2.24) is 10.2 Å². The van der Waals surface area contributed by atoms with Gasteiger partial charge in [-0.25, -0.2) is 8.42 Å². The maximum Gasteiger partial charge on any atom is 0.271 e. The molecule has 7 nitrogen and oxygen atoms in total. The van der Waals surface area contributed by atoms with Crippen LogP contribution in [0.3, 0.4) is 0 Å². The first-order valence-electron chi connectivity index (χ1n) is 10.3. The van der Waals surface area contributed by atoms with E-state index < -0.39 is 10.0 Å². The summed E-state index contributed by atoms with van der Waals surface area (Å²) in [4.78, 5) is 15.0. The highest BCUT2D eigenvalue weighted by molar-refractivity contribution is 7.94. The summed E-state index contributed by atoms with van der Waals surface area (Å²) in [6.07, 6.45) is -0.100. The number of hydrogen-bond donors (Lipinski definition) is 2. The van der Waals surface area contributed by atoms with Gasteiger partial charge in [0.15, 0.2) is 0 Å². The zero-order valence-electron chi connectivity index (χ0n) is 17.4. The number of benzene rings is 2. The van der Waals surface area contributed by atoms with E-state index in [0.717, 1.165) is 31.0 Å². The van der Waals surface area contributed by atoms with Crippen LogP contribution in [0.25, 0.3) is 0 Å². The molecule has 4 rings (SSSR count). The summed E-state index contributed by atoms with van der Waals surface area (Å²) in [6.45, 7) is 3.44. The fourth-order valence-corrected chi connectivity index (χ4v) is 5.59.